The Kier molecular flexibility index (Phi) is 4.80. The topological polar surface area (TPSA) is 36.4 Å². The monoisotopic (exact) mass is 359 g/mol. The summed E-state index contributed by atoms with van der Waals surface area (Å²) in [5, 5.41) is 2.37. The van der Waals surface area contributed by atoms with E-state index in [4.69, 9.17) is 0 Å². The maximum Gasteiger partial charge on any atom is 0.253 e. The van der Waals surface area contributed by atoms with Crippen LogP contribution in [0, 0.1) is 0 Å². The number of nitrogens with zero attached hydrogens (tertiary/aromatic N) is 3. The van der Waals surface area contributed by atoms with Crippen LogP contribution >= 0.6 is 0 Å². The van der Waals surface area contributed by atoms with Gasteiger partial charge in [0.25, 0.3) is 5.91 Å². The third-order valence-electron chi connectivity index (χ3n) is 5.39. The highest BCUT2D eigenvalue weighted by Gasteiger charge is 2.26. The van der Waals surface area contributed by atoms with Crippen LogP contribution < -0.4 is 4.90 Å². The van der Waals surface area contributed by atoms with Crippen LogP contribution in [-0.4, -0.2) is 43.0 Å². The summed E-state index contributed by atoms with van der Waals surface area (Å²) in [5.74, 6) is 0.411. The summed E-state index contributed by atoms with van der Waals surface area (Å²) in [5.41, 5.74) is 2.90. The van der Waals surface area contributed by atoms with E-state index < -0.39 is 0 Å². The normalized spacial score (nSPS) is 17.1. The molecule has 1 aliphatic rings. The molecule has 2 aromatic carbocycles. The predicted molar refractivity (Wildman–Crippen MR) is 110 cm³/mol. The highest BCUT2D eigenvalue weighted by molar-refractivity contribution is 5.95. The van der Waals surface area contributed by atoms with E-state index in [0.29, 0.717) is 5.92 Å². The van der Waals surface area contributed by atoms with Gasteiger partial charge in [0.1, 0.15) is 0 Å². The zero-order chi connectivity index (χ0) is 18.8. The lowest BCUT2D eigenvalue weighted by atomic mass is 9.93. The van der Waals surface area contributed by atoms with Gasteiger partial charge in [-0.3, -0.25) is 9.78 Å². The van der Waals surface area contributed by atoms with Crippen LogP contribution in [0.3, 0.4) is 0 Å². The Hall–Kier alpha value is -2.88. The smallest absolute Gasteiger partial charge is 0.253 e. The van der Waals surface area contributed by atoms with Crippen LogP contribution in [0.25, 0.3) is 10.8 Å². The quantitative estimate of drug-likeness (QED) is 0.699. The average Bonchev–Trinajstić information content (AvgIpc) is 2.73. The molecule has 1 amide bonds. The molecule has 4 heteroatoms. The number of carbonyl (C=O) groups excluding carboxylic acids is 1. The molecule has 1 aromatic heterocycles. The van der Waals surface area contributed by atoms with Crippen LogP contribution in [0.2, 0.25) is 0 Å². The zero-order valence-corrected chi connectivity index (χ0v) is 15.9. The number of aromatic nitrogens is 1. The van der Waals surface area contributed by atoms with Crippen LogP contribution in [0.5, 0.6) is 0 Å². The predicted octanol–water partition coefficient (Wildman–Crippen LogP) is 4.32. The fourth-order valence-electron chi connectivity index (χ4n) is 3.83. The van der Waals surface area contributed by atoms with Crippen molar-refractivity contribution < 1.29 is 4.79 Å². The Labute approximate surface area is 160 Å². The van der Waals surface area contributed by atoms with Crippen molar-refractivity contribution in [3.05, 3.63) is 72.1 Å². The molecule has 4 rings (SSSR count). The minimum Gasteiger partial charge on any atom is -0.378 e. The number of hydrogen-bond donors (Lipinski definition) is 0. The van der Waals surface area contributed by atoms with Gasteiger partial charge < -0.3 is 9.80 Å². The number of piperidine rings is 1. The highest BCUT2D eigenvalue weighted by atomic mass is 16.2. The number of anilines is 1. The number of pyridine rings is 1. The summed E-state index contributed by atoms with van der Waals surface area (Å²) in [4.78, 5) is 21.7. The lowest BCUT2D eigenvalue weighted by Gasteiger charge is -2.33. The number of amides is 1. The average molecular weight is 359 g/mol. The van der Waals surface area contributed by atoms with E-state index in [-0.39, 0.29) is 5.91 Å². The minimum atomic E-state index is 0.115. The number of benzene rings is 2. The Morgan fingerprint density at radius 3 is 2.70 bits per heavy atom. The molecule has 4 nitrogen and oxygen atoms in total. The molecule has 1 fully saturated rings. The first kappa shape index (κ1) is 17.5. The maximum atomic E-state index is 13.1. The van der Waals surface area contributed by atoms with E-state index >= 15 is 0 Å². The standard InChI is InChI=1S/C23H25N3O/c1-25(2)21-11-5-9-18(13-21)23(27)26-12-6-10-20(16-26)22-14-17-7-3-4-8-19(17)15-24-22/h3-5,7-9,11,13-15,20H,6,10,12,16H2,1-2H3/t20-/m1/s1. The highest BCUT2D eigenvalue weighted by Crippen LogP contribution is 2.28. The zero-order valence-electron chi connectivity index (χ0n) is 15.9. The summed E-state index contributed by atoms with van der Waals surface area (Å²) >= 11 is 0. The molecule has 1 atom stereocenters. The lowest BCUT2D eigenvalue weighted by molar-refractivity contribution is 0.0706. The van der Waals surface area contributed by atoms with Crippen LogP contribution in [0.15, 0.2) is 60.8 Å². The van der Waals surface area contributed by atoms with Crippen LogP contribution in [-0.2, 0) is 0 Å². The van der Waals surface area contributed by atoms with Gasteiger partial charge in [0.05, 0.1) is 0 Å². The van der Waals surface area contributed by atoms with Gasteiger partial charge in [-0.25, -0.2) is 0 Å². The molecule has 138 valence electrons. The van der Waals surface area contributed by atoms with E-state index in [0.717, 1.165) is 48.3 Å². The van der Waals surface area contributed by atoms with Crippen molar-refractivity contribution in [3.63, 3.8) is 0 Å². The summed E-state index contributed by atoms with van der Waals surface area (Å²) in [6, 6.07) is 18.3. The van der Waals surface area contributed by atoms with Crippen molar-refractivity contribution in [1.82, 2.24) is 9.88 Å². The lowest BCUT2D eigenvalue weighted by Crippen LogP contribution is -2.39. The van der Waals surface area contributed by atoms with Gasteiger partial charge in [0.2, 0.25) is 0 Å². The molecule has 0 unspecified atom stereocenters. The van der Waals surface area contributed by atoms with Crippen molar-refractivity contribution in [1.29, 1.82) is 0 Å². The molecule has 0 radical (unpaired) electrons. The summed E-state index contributed by atoms with van der Waals surface area (Å²) < 4.78 is 0. The summed E-state index contributed by atoms with van der Waals surface area (Å²) in [7, 11) is 3.98. The minimum absolute atomic E-state index is 0.115. The van der Waals surface area contributed by atoms with Crippen LogP contribution in [0.4, 0.5) is 5.69 Å². The SMILES string of the molecule is CN(C)c1cccc(C(=O)N2CCC[C@@H](c3cc4ccccc4cn3)C2)c1. The fraction of sp³-hybridized carbons (Fsp3) is 0.304. The maximum absolute atomic E-state index is 13.1. The van der Waals surface area contributed by atoms with Crippen molar-refractivity contribution in [2.24, 2.45) is 0 Å². The van der Waals surface area contributed by atoms with E-state index in [1.165, 1.54) is 5.39 Å². The van der Waals surface area contributed by atoms with Gasteiger partial charge in [-0.1, -0.05) is 30.3 Å². The first-order valence-electron chi connectivity index (χ1n) is 9.53. The molecular weight excluding hydrogens is 334 g/mol. The molecule has 0 bridgehead atoms. The summed E-state index contributed by atoms with van der Waals surface area (Å²) in [6.45, 7) is 1.55. The van der Waals surface area contributed by atoms with Gasteiger partial charge in [0.15, 0.2) is 0 Å². The molecule has 0 N–H and O–H groups in total. The second-order valence-electron chi connectivity index (χ2n) is 7.49. The fourth-order valence-corrected chi connectivity index (χ4v) is 3.83. The number of hydrogen-bond acceptors (Lipinski definition) is 3. The van der Waals surface area contributed by atoms with Gasteiger partial charge in [0, 0.05) is 61.6 Å². The van der Waals surface area contributed by atoms with Crippen molar-refractivity contribution >= 4 is 22.4 Å². The van der Waals surface area contributed by atoms with Gasteiger partial charge >= 0.3 is 0 Å². The second kappa shape index (κ2) is 7.39. The summed E-state index contributed by atoms with van der Waals surface area (Å²) in [6.07, 6.45) is 4.04. The molecule has 2 heterocycles. The molecule has 1 saturated heterocycles. The van der Waals surface area contributed by atoms with E-state index in [1.54, 1.807) is 0 Å². The van der Waals surface area contributed by atoms with Gasteiger partial charge in [-0.2, -0.15) is 0 Å². The van der Waals surface area contributed by atoms with Gasteiger partial charge in [-0.05, 0) is 42.5 Å². The Morgan fingerprint density at radius 2 is 1.89 bits per heavy atom. The molecule has 27 heavy (non-hydrogen) atoms. The van der Waals surface area contributed by atoms with E-state index in [9.17, 15) is 4.79 Å². The third-order valence-corrected chi connectivity index (χ3v) is 5.39. The molecule has 0 spiro atoms. The van der Waals surface area contributed by atoms with Crippen molar-refractivity contribution in [3.8, 4) is 0 Å². The number of likely N-dealkylation sites (tertiary alicyclic amines) is 1. The molecule has 1 aliphatic heterocycles. The number of fused-ring (bicyclic) bond motifs is 1. The molecule has 0 saturated carbocycles. The largest absolute Gasteiger partial charge is 0.378 e. The number of carbonyl (C=O) groups is 1. The van der Waals surface area contributed by atoms with Crippen molar-refractivity contribution in [2.75, 3.05) is 32.1 Å². The second-order valence-corrected chi connectivity index (χ2v) is 7.49. The Bertz CT molecular complexity index is 967. The van der Waals surface area contributed by atoms with Gasteiger partial charge in [-0.15, -0.1) is 0 Å². The number of rotatable bonds is 3. The van der Waals surface area contributed by atoms with E-state index in [2.05, 4.69) is 29.2 Å². The Morgan fingerprint density at radius 1 is 1.07 bits per heavy atom. The molecule has 0 aliphatic carbocycles. The molecular formula is C23H25N3O. The van der Waals surface area contributed by atoms with Crippen molar-refractivity contribution in [2.45, 2.75) is 18.8 Å². The van der Waals surface area contributed by atoms with E-state index in [1.807, 2.05) is 60.4 Å². The first-order valence-corrected chi connectivity index (χ1v) is 9.53. The molecule has 3 aromatic rings. The first-order chi connectivity index (χ1) is 13.1. The third kappa shape index (κ3) is 3.65. The van der Waals surface area contributed by atoms with Crippen LogP contribution in [0.1, 0.15) is 34.8 Å². The Balaban J connectivity index is 1.55.